The van der Waals surface area contributed by atoms with E-state index in [0.717, 1.165) is 5.56 Å². The van der Waals surface area contributed by atoms with Crippen LogP contribution in [0.3, 0.4) is 0 Å². The Morgan fingerprint density at radius 3 is 1.94 bits per heavy atom. The van der Waals surface area contributed by atoms with Crippen LogP contribution in [0.1, 0.15) is 60.5 Å². The molecule has 1 aliphatic rings. The van der Waals surface area contributed by atoms with Gasteiger partial charge in [-0.3, -0.25) is 19.2 Å². The number of carbonyl (C=O) groups excluding carboxylic acids is 4. The molecule has 1 aromatic carbocycles. The summed E-state index contributed by atoms with van der Waals surface area (Å²) in [4.78, 5) is 52.6. The molecule has 1 aromatic rings. The zero-order chi connectivity index (χ0) is 26.5. The Kier molecular flexibility index (Phi) is 9.43. The van der Waals surface area contributed by atoms with Crippen LogP contribution in [-0.2, 0) is 25.6 Å². The smallest absolute Gasteiger partial charge is 0.243 e. The third kappa shape index (κ3) is 7.78. The molecule has 2 rings (SSSR count). The van der Waals surface area contributed by atoms with Gasteiger partial charge in [0.15, 0.2) is 5.78 Å². The Morgan fingerprint density at radius 2 is 1.37 bits per heavy atom. The number of hydrogen-bond donors (Lipinski definition) is 5. The molecule has 9 nitrogen and oxygen atoms in total. The van der Waals surface area contributed by atoms with E-state index in [1.54, 1.807) is 32.9 Å². The van der Waals surface area contributed by atoms with E-state index in [4.69, 9.17) is 0 Å². The van der Waals surface area contributed by atoms with Crippen molar-refractivity contribution in [1.82, 2.24) is 21.3 Å². The van der Waals surface area contributed by atoms with Gasteiger partial charge in [-0.15, -0.1) is 0 Å². The third-order valence-corrected chi connectivity index (χ3v) is 6.63. The van der Waals surface area contributed by atoms with Gasteiger partial charge in [0.25, 0.3) is 0 Å². The van der Waals surface area contributed by atoms with E-state index in [1.165, 1.54) is 12.1 Å². The van der Waals surface area contributed by atoms with Gasteiger partial charge in [0.1, 0.15) is 17.8 Å². The summed E-state index contributed by atoms with van der Waals surface area (Å²) >= 11 is 0. The van der Waals surface area contributed by atoms with Crippen molar-refractivity contribution in [2.45, 2.75) is 91.0 Å². The van der Waals surface area contributed by atoms with Crippen molar-refractivity contribution in [1.29, 1.82) is 0 Å². The lowest BCUT2D eigenvalue weighted by Crippen LogP contribution is -2.62. The van der Waals surface area contributed by atoms with Gasteiger partial charge in [0.05, 0.1) is 12.1 Å². The number of benzene rings is 1. The van der Waals surface area contributed by atoms with Crippen molar-refractivity contribution in [3.8, 4) is 5.75 Å². The summed E-state index contributed by atoms with van der Waals surface area (Å²) in [6, 6.07) is 3.13. The molecule has 1 aliphatic heterocycles. The van der Waals surface area contributed by atoms with Crippen LogP contribution in [0.2, 0.25) is 0 Å². The van der Waals surface area contributed by atoms with E-state index in [-0.39, 0.29) is 23.9 Å². The highest BCUT2D eigenvalue weighted by atomic mass is 16.3. The first-order chi connectivity index (χ1) is 16.2. The highest BCUT2D eigenvalue weighted by Crippen LogP contribution is 2.20. The van der Waals surface area contributed by atoms with Gasteiger partial charge in [-0.2, -0.15) is 0 Å². The Morgan fingerprint density at radius 1 is 0.829 bits per heavy atom. The summed E-state index contributed by atoms with van der Waals surface area (Å²) in [5, 5.41) is 21.1. The lowest BCUT2D eigenvalue weighted by molar-refractivity contribution is -0.135. The van der Waals surface area contributed by atoms with E-state index in [2.05, 4.69) is 21.3 Å². The van der Waals surface area contributed by atoms with E-state index in [9.17, 15) is 24.3 Å². The monoisotopic (exact) mass is 488 g/mol. The highest BCUT2D eigenvalue weighted by molar-refractivity contribution is 5.96. The van der Waals surface area contributed by atoms with Crippen LogP contribution in [0.4, 0.5) is 0 Å². The van der Waals surface area contributed by atoms with E-state index < -0.39 is 53.3 Å². The van der Waals surface area contributed by atoms with E-state index in [1.807, 2.05) is 27.7 Å². The summed E-state index contributed by atoms with van der Waals surface area (Å²) in [5.74, 6) is -1.80. The number of rotatable bonds is 4. The summed E-state index contributed by atoms with van der Waals surface area (Å²) in [6.45, 7) is 12.6. The molecule has 0 spiro atoms. The van der Waals surface area contributed by atoms with Gasteiger partial charge >= 0.3 is 0 Å². The van der Waals surface area contributed by atoms with Crippen molar-refractivity contribution in [3.63, 3.8) is 0 Å². The summed E-state index contributed by atoms with van der Waals surface area (Å²) in [5.41, 5.74) is -0.00813. The molecule has 0 bridgehead atoms. The van der Waals surface area contributed by atoms with Crippen molar-refractivity contribution in [3.05, 3.63) is 29.8 Å². The molecular formula is C26H40N4O5. The van der Waals surface area contributed by atoms with Crippen LogP contribution >= 0.6 is 0 Å². The van der Waals surface area contributed by atoms with Crippen LogP contribution in [0.25, 0.3) is 0 Å². The zero-order valence-electron chi connectivity index (χ0n) is 21.8. The predicted octanol–water partition coefficient (Wildman–Crippen LogP) is 1.43. The fourth-order valence-electron chi connectivity index (χ4n) is 4.21. The van der Waals surface area contributed by atoms with Crippen molar-refractivity contribution < 1.29 is 24.3 Å². The molecule has 5 N–H and O–H groups in total. The second-order valence-electron chi connectivity index (χ2n) is 10.6. The number of ketones is 1. The quantitative estimate of drug-likeness (QED) is 0.435. The maximum absolute atomic E-state index is 13.3. The van der Waals surface area contributed by atoms with Gasteiger partial charge in [-0.05, 0) is 57.7 Å². The first-order valence-electron chi connectivity index (χ1n) is 12.2. The van der Waals surface area contributed by atoms with Crippen molar-refractivity contribution in [2.24, 2.45) is 11.8 Å². The molecule has 3 amide bonds. The van der Waals surface area contributed by atoms with Crippen LogP contribution < -0.4 is 21.3 Å². The largest absolute Gasteiger partial charge is 0.508 e. The standard InChI is InChI=1S/C26H40N4O5/c1-14(2)12-20-24(34)27-16(4)22(32)15(3)26(6,7)30-17(5)23(33)28-21(25(35)29-20)13-18-8-10-19(31)11-9-18/h8-11,14-17,20-21,30-31H,12-13H2,1-7H3,(H,27,34)(H,28,33)(H,29,35)/t15-,16-,17-,20-,21-/m0/s1. The maximum Gasteiger partial charge on any atom is 0.243 e. The molecule has 35 heavy (non-hydrogen) atoms. The lowest BCUT2D eigenvalue weighted by Gasteiger charge is -2.37. The van der Waals surface area contributed by atoms with Gasteiger partial charge < -0.3 is 26.4 Å². The normalized spacial score (nSPS) is 28.6. The predicted molar refractivity (Wildman–Crippen MR) is 134 cm³/mol. The average Bonchev–Trinajstić information content (AvgIpc) is 2.77. The number of nitrogens with one attached hydrogen (secondary N) is 4. The molecule has 194 valence electrons. The molecule has 9 heteroatoms. The summed E-state index contributed by atoms with van der Waals surface area (Å²) in [6.07, 6.45) is 0.548. The Balaban J connectivity index is 2.43. The molecule has 5 atom stereocenters. The highest BCUT2D eigenvalue weighted by Gasteiger charge is 2.38. The molecule has 0 unspecified atom stereocenters. The van der Waals surface area contributed by atoms with Crippen LogP contribution in [0, 0.1) is 11.8 Å². The zero-order valence-corrected chi connectivity index (χ0v) is 21.8. The minimum atomic E-state index is -0.943. The number of aromatic hydroxyl groups is 1. The lowest BCUT2D eigenvalue weighted by atomic mass is 9.82. The van der Waals surface area contributed by atoms with E-state index >= 15 is 0 Å². The number of amides is 3. The van der Waals surface area contributed by atoms with Crippen LogP contribution in [-0.4, -0.2) is 58.3 Å². The van der Waals surface area contributed by atoms with Gasteiger partial charge in [0, 0.05) is 17.9 Å². The minimum Gasteiger partial charge on any atom is -0.508 e. The molecule has 1 heterocycles. The second-order valence-corrected chi connectivity index (χ2v) is 10.6. The molecular weight excluding hydrogens is 448 g/mol. The molecule has 0 aliphatic carbocycles. The molecule has 0 aromatic heterocycles. The van der Waals surface area contributed by atoms with Gasteiger partial charge in [-0.25, -0.2) is 0 Å². The van der Waals surface area contributed by atoms with Crippen molar-refractivity contribution in [2.75, 3.05) is 0 Å². The molecule has 1 fully saturated rings. The molecule has 0 radical (unpaired) electrons. The number of carbonyl (C=O) groups is 4. The summed E-state index contributed by atoms with van der Waals surface area (Å²) in [7, 11) is 0. The van der Waals surface area contributed by atoms with Crippen LogP contribution in [0.15, 0.2) is 24.3 Å². The second kappa shape index (κ2) is 11.7. The van der Waals surface area contributed by atoms with Gasteiger partial charge in [0.2, 0.25) is 17.7 Å². The molecule has 1 saturated heterocycles. The number of hydrogen-bond acceptors (Lipinski definition) is 6. The molecule has 0 saturated carbocycles. The SMILES string of the molecule is CC(C)C[C@@H]1NC(=O)[C@H](Cc2ccc(O)cc2)NC(=O)[C@H](C)NC(C)(C)[C@@H](C)C(=O)[C@H](C)NC1=O. The third-order valence-electron chi connectivity index (χ3n) is 6.63. The number of phenols is 1. The van der Waals surface area contributed by atoms with Crippen LogP contribution in [0.5, 0.6) is 5.75 Å². The average molecular weight is 489 g/mol. The Labute approximate surface area is 207 Å². The number of phenolic OH excluding ortho intramolecular Hbond substituents is 1. The summed E-state index contributed by atoms with van der Waals surface area (Å²) < 4.78 is 0. The Bertz CT molecular complexity index is 928. The maximum atomic E-state index is 13.3. The fourth-order valence-corrected chi connectivity index (χ4v) is 4.21. The van der Waals surface area contributed by atoms with Gasteiger partial charge in [-0.1, -0.05) is 32.9 Å². The minimum absolute atomic E-state index is 0.0970. The Hall–Kier alpha value is -2.94. The number of Topliss-reactive ketones (excluding diaryl/α,β-unsaturated/α-hetero) is 1. The first kappa shape index (κ1) is 28.3. The van der Waals surface area contributed by atoms with E-state index in [0.29, 0.717) is 6.42 Å². The first-order valence-corrected chi connectivity index (χ1v) is 12.2. The van der Waals surface area contributed by atoms with Crippen molar-refractivity contribution >= 4 is 23.5 Å². The fraction of sp³-hybridized carbons (Fsp3) is 0.615. The topological polar surface area (TPSA) is 137 Å².